The fourth-order valence-corrected chi connectivity index (χ4v) is 2.83. The van der Waals surface area contributed by atoms with Gasteiger partial charge >= 0.3 is 5.97 Å². The second-order valence-corrected chi connectivity index (χ2v) is 6.48. The maximum Gasteiger partial charge on any atom is 0.354 e. The summed E-state index contributed by atoms with van der Waals surface area (Å²) in [5, 5.41) is 11.7. The number of carbonyl (C=O) groups excluding carboxylic acids is 1. The Kier molecular flexibility index (Phi) is 6.03. The van der Waals surface area contributed by atoms with E-state index in [1.54, 1.807) is 0 Å². The van der Waals surface area contributed by atoms with Crippen LogP contribution in [0, 0.1) is 6.92 Å². The highest BCUT2D eigenvalue weighted by atomic mass is 16.5. The van der Waals surface area contributed by atoms with Crippen molar-refractivity contribution >= 4 is 11.9 Å². The first-order chi connectivity index (χ1) is 13.0. The van der Waals surface area contributed by atoms with Gasteiger partial charge in [-0.05, 0) is 43.5 Å². The maximum atomic E-state index is 12.3. The monoisotopic (exact) mass is 370 g/mol. The number of aromatic nitrogens is 1. The van der Waals surface area contributed by atoms with Gasteiger partial charge in [0.15, 0.2) is 0 Å². The molecule has 1 saturated heterocycles. The van der Waals surface area contributed by atoms with Gasteiger partial charge in [-0.3, -0.25) is 4.79 Å². The minimum atomic E-state index is -1.13. The fourth-order valence-electron chi connectivity index (χ4n) is 2.83. The number of rotatable bonds is 7. The third-order valence-corrected chi connectivity index (χ3v) is 4.36. The van der Waals surface area contributed by atoms with Gasteiger partial charge in [-0.25, -0.2) is 9.78 Å². The Balaban J connectivity index is 1.62. The molecule has 7 heteroatoms. The molecule has 1 unspecified atom stereocenters. The first kappa shape index (κ1) is 18.8. The summed E-state index contributed by atoms with van der Waals surface area (Å²) in [6.45, 7) is 3.54. The lowest BCUT2D eigenvalue weighted by Gasteiger charge is -2.16. The number of aryl methyl sites for hydroxylation is 1. The zero-order valence-corrected chi connectivity index (χ0v) is 15.1. The van der Waals surface area contributed by atoms with E-state index >= 15 is 0 Å². The average molecular weight is 370 g/mol. The van der Waals surface area contributed by atoms with Crippen LogP contribution in [0.5, 0.6) is 5.75 Å². The molecule has 1 aliphatic rings. The number of hydrogen-bond donors (Lipinski definition) is 2. The van der Waals surface area contributed by atoms with Gasteiger partial charge in [0.05, 0.1) is 11.7 Å². The van der Waals surface area contributed by atoms with Crippen LogP contribution in [0.1, 0.15) is 44.8 Å². The number of nitrogens with one attached hydrogen (secondary N) is 1. The smallest absolute Gasteiger partial charge is 0.354 e. The molecule has 1 amide bonds. The summed E-state index contributed by atoms with van der Waals surface area (Å²) in [4.78, 5) is 26.9. The number of aromatic carboxylic acids is 1. The highest BCUT2D eigenvalue weighted by molar-refractivity contribution is 5.94. The van der Waals surface area contributed by atoms with Crippen LogP contribution in [-0.2, 0) is 11.3 Å². The van der Waals surface area contributed by atoms with Gasteiger partial charge in [-0.2, -0.15) is 0 Å². The Morgan fingerprint density at radius 1 is 1.33 bits per heavy atom. The van der Waals surface area contributed by atoms with Crippen molar-refractivity contribution in [2.45, 2.75) is 32.4 Å². The van der Waals surface area contributed by atoms with Gasteiger partial charge in [-0.15, -0.1) is 0 Å². The molecule has 1 fully saturated rings. The highest BCUT2D eigenvalue weighted by Gasteiger charge is 2.17. The molecule has 0 radical (unpaired) electrons. The van der Waals surface area contributed by atoms with Crippen LogP contribution in [0.4, 0.5) is 0 Å². The fraction of sp³-hybridized carbons (Fsp3) is 0.350. The minimum Gasteiger partial charge on any atom is -0.491 e. The second-order valence-electron chi connectivity index (χ2n) is 6.48. The molecule has 2 aromatic rings. The molecule has 27 heavy (non-hydrogen) atoms. The summed E-state index contributed by atoms with van der Waals surface area (Å²) in [5.74, 6) is -0.732. The number of carboxylic acid groups (broad SMARTS) is 1. The lowest BCUT2D eigenvalue weighted by atomic mass is 10.1. The first-order valence-corrected chi connectivity index (χ1v) is 8.84. The quantitative estimate of drug-likeness (QED) is 0.777. The van der Waals surface area contributed by atoms with E-state index in [2.05, 4.69) is 10.3 Å². The molecule has 1 aromatic carbocycles. The van der Waals surface area contributed by atoms with Crippen molar-refractivity contribution in [3.8, 4) is 5.75 Å². The maximum absolute atomic E-state index is 12.3. The number of amides is 1. The number of carboxylic acids is 1. The minimum absolute atomic E-state index is 0.102. The van der Waals surface area contributed by atoms with E-state index in [1.165, 1.54) is 18.3 Å². The number of ether oxygens (including phenoxy) is 2. The number of pyridine rings is 1. The van der Waals surface area contributed by atoms with Gasteiger partial charge < -0.3 is 19.9 Å². The molecule has 142 valence electrons. The predicted molar refractivity (Wildman–Crippen MR) is 98.0 cm³/mol. The molecule has 7 nitrogen and oxygen atoms in total. The Hall–Kier alpha value is -2.93. The largest absolute Gasteiger partial charge is 0.491 e. The van der Waals surface area contributed by atoms with E-state index in [9.17, 15) is 9.59 Å². The average Bonchev–Trinajstić information content (AvgIpc) is 3.19. The van der Waals surface area contributed by atoms with Gasteiger partial charge in [0.25, 0.3) is 5.91 Å². The molecule has 0 saturated carbocycles. The summed E-state index contributed by atoms with van der Waals surface area (Å²) in [6.07, 6.45) is 3.42. The Morgan fingerprint density at radius 2 is 2.19 bits per heavy atom. The van der Waals surface area contributed by atoms with E-state index in [1.807, 2.05) is 25.1 Å². The Bertz CT molecular complexity index is 814. The van der Waals surface area contributed by atoms with Gasteiger partial charge in [-0.1, -0.05) is 12.1 Å². The van der Waals surface area contributed by atoms with Crippen molar-refractivity contribution in [1.29, 1.82) is 0 Å². The zero-order chi connectivity index (χ0) is 19.2. The standard InChI is InChI=1S/C20H22N2O5/c1-13-4-5-14(18(9-13)27-12-16-3-2-8-26-16)10-22-19(23)15-6-7-17(20(24)25)21-11-15/h4-7,9,11,16H,2-3,8,10,12H2,1H3,(H,22,23)(H,24,25). The summed E-state index contributed by atoms with van der Waals surface area (Å²) in [6, 6.07) is 8.57. The summed E-state index contributed by atoms with van der Waals surface area (Å²) in [7, 11) is 0. The van der Waals surface area contributed by atoms with E-state index in [0.717, 1.165) is 36.3 Å². The van der Waals surface area contributed by atoms with Crippen molar-refractivity contribution in [1.82, 2.24) is 10.3 Å². The molecule has 0 spiro atoms. The van der Waals surface area contributed by atoms with E-state index in [-0.39, 0.29) is 17.7 Å². The summed E-state index contributed by atoms with van der Waals surface area (Å²) < 4.78 is 11.5. The van der Waals surface area contributed by atoms with Crippen molar-refractivity contribution in [2.75, 3.05) is 13.2 Å². The van der Waals surface area contributed by atoms with Gasteiger partial charge in [0.2, 0.25) is 0 Å². The van der Waals surface area contributed by atoms with Crippen LogP contribution in [0.25, 0.3) is 0 Å². The van der Waals surface area contributed by atoms with Crippen LogP contribution in [0.3, 0.4) is 0 Å². The Morgan fingerprint density at radius 3 is 2.85 bits per heavy atom. The molecule has 0 aliphatic carbocycles. The molecule has 0 bridgehead atoms. The van der Waals surface area contributed by atoms with Crippen LogP contribution in [0.15, 0.2) is 36.5 Å². The number of benzene rings is 1. The van der Waals surface area contributed by atoms with E-state index < -0.39 is 5.97 Å². The molecule has 2 N–H and O–H groups in total. The molecule has 1 aliphatic heterocycles. The van der Waals surface area contributed by atoms with Crippen LogP contribution in [-0.4, -0.2) is 41.3 Å². The number of hydrogen-bond acceptors (Lipinski definition) is 5. The van der Waals surface area contributed by atoms with E-state index in [4.69, 9.17) is 14.6 Å². The second kappa shape index (κ2) is 8.64. The predicted octanol–water partition coefficient (Wildman–Crippen LogP) is 2.58. The Labute approximate surface area is 157 Å². The third kappa shape index (κ3) is 5.04. The molecule has 2 heterocycles. The number of carbonyl (C=O) groups is 2. The van der Waals surface area contributed by atoms with Gasteiger partial charge in [0.1, 0.15) is 18.1 Å². The third-order valence-electron chi connectivity index (χ3n) is 4.36. The highest BCUT2D eigenvalue weighted by Crippen LogP contribution is 2.22. The SMILES string of the molecule is Cc1ccc(CNC(=O)c2ccc(C(=O)O)nc2)c(OCC2CCCO2)c1. The summed E-state index contributed by atoms with van der Waals surface area (Å²) >= 11 is 0. The van der Waals surface area contributed by atoms with Crippen molar-refractivity contribution in [2.24, 2.45) is 0 Å². The lowest BCUT2D eigenvalue weighted by Crippen LogP contribution is -2.24. The van der Waals surface area contributed by atoms with Gasteiger partial charge in [0, 0.05) is 24.9 Å². The van der Waals surface area contributed by atoms with Crippen LogP contribution < -0.4 is 10.1 Å². The molecular weight excluding hydrogens is 348 g/mol. The van der Waals surface area contributed by atoms with Crippen LogP contribution in [0.2, 0.25) is 0 Å². The van der Waals surface area contributed by atoms with Crippen molar-refractivity contribution in [3.05, 3.63) is 58.9 Å². The van der Waals surface area contributed by atoms with Crippen molar-refractivity contribution < 1.29 is 24.2 Å². The first-order valence-electron chi connectivity index (χ1n) is 8.84. The zero-order valence-electron chi connectivity index (χ0n) is 15.1. The van der Waals surface area contributed by atoms with E-state index in [0.29, 0.717) is 18.7 Å². The topological polar surface area (TPSA) is 97.8 Å². The molecule has 1 atom stereocenters. The lowest BCUT2D eigenvalue weighted by molar-refractivity contribution is 0.0675. The molecule has 1 aromatic heterocycles. The molecule has 3 rings (SSSR count). The van der Waals surface area contributed by atoms with Crippen molar-refractivity contribution in [3.63, 3.8) is 0 Å². The normalized spacial score (nSPS) is 16.1. The molecular formula is C20H22N2O5. The summed E-state index contributed by atoms with van der Waals surface area (Å²) in [5.41, 5.74) is 2.13. The van der Waals surface area contributed by atoms with Crippen LogP contribution >= 0.6 is 0 Å². The number of nitrogens with zero attached hydrogens (tertiary/aromatic N) is 1.